The summed E-state index contributed by atoms with van der Waals surface area (Å²) >= 11 is 0. The molecule has 0 unspecified atom stereocenters. The minimum Gasteiger partial charge on any atom is -0.508 e. The molecule has 7 nitrogen and oxygen atoms in total. The summed E-state index contributed by atoms with van der Waals surface area (Å²) in [6, 6.07) is 14.3. The number of hydrogen-bond acceptors (Lipinski definition) is 4. The quantitative estimate of drug-likeness (QED) is 0.514. The van der Waals surface area contributed by atoms with E-state index in [2.05, 4.69) is 15.7 Å². The smallest absolute Gasteiger partial charge is 0.272 e. The van der Waals surface area contributed by atoms with Crippen LogP contribution in [0.15, 0.2) is 48.5 Å². The Morgan fingerprint density at radius 3 is 2.52 bits per heavy atom. The molecule has 1 aromatic heterocycles. The number of benzene rings is 2. The van der Waals surface area contributed by atoms with Crippen LogP contribution >= 0.6 is 0 Å². The van der Waals surface area contributed by atoms with Gasteiger partial charge in [-0.05, 0) is 62.9 Å². The van der Waals surface area contributed by atoms with E-state index < -0.39 is 0 Å². The fourth-order valence-corrected chi connectivity index (χ4v) is 3.84. The Balaban J connectivity index is 1.33. The van der Waals surface area contributed by atoms with Crippen molar-refractivity contribution in [2.75, 3.05) is 13.1 Å². The number of fused-ring (bicyclic) bond motifs is 1. The van der Waals surface area contributed by atoms with Crippen molar-refractivity contribution >= 4 is 11.8 Å². The number of phenolic OH excluding ortho intramolecular Hbond substituents is 1. The van der Waals surface area contributed by atoms with Crippen molar-refractivity contribution in [1.82, 2.24) is 20.4 Å². The van der Waals surface area contributed by atoms with Crippen molar-refractivity contribution < 1.29 is 14.7 Å². The second-order valence-electron chi connectivity index (χ2n) is 7.79. The van der Waals surface area contributed by atoms with Crippen LogP contribution in [-0.4, -0.2) is 39.8 Å². The maximum Gasteiger partial charge on any atom is 0.272 e. The third kappa shape index (κ3) is 4.60. The summed E-state index contributed by atoms with van der Waals surface area (Å²) in [6.45, 7) is 2.90. The Bertz CT molecular complexity index is 1100. The topological polar surface area (TPSA) is 96.3 Å². The predicted octanol–water partition coefficient (Wildman–Crippen LogP) is 2.92. The number of nitrogens with one attached hydrogen (secondary N) is 2. The van der Waals surface area contributed by atoms with Gasteiger partial charge in [0.05, 0.1) is 5.69 Å². The molecule has 0 fully saturated rings. The van der Waals surface area contributed by atoms with Crippen LogP contribution in [0.5, 0.6) is 5.75 Å². The van der Waals surface area contributed by atoms with Crippen LogP contribution in [0.2, 0.25) is 0 Å². The molecule has 0 radical (unpaired) electrons. The molecular formula is C24H26N4O3. The molecule has 4 rings (SSSR count). The maximum absolute atomic E-state index is 12.8. The average Bonchev–Trinajstić information content (AvgIpc) is 3.37. The highest BCUT2D eigenvalue weighted by Crippen LogP contribution is 2.28. The van der Waals surface area contributed by atoms with Crippen molar-refractivity contribution in [2.24, 2.45) is 0 Å². The first kappa shape index (κ1) is 20.7. The SMILES string of the molecule is Cc1ccc(-n2nc(C(=O)NCCCNC(=O)c3cccc(O)c3)c3c2CCC3)cc1. The number of nitrogens with zero attached hydrogens (tertiary/aromatic N) is 2. The Morgan fingerprint density at radius 2 is 1.77 bits per heavy atom. The van der Waals surface area contributed by atoms with Crippen LogP contribution in [0.3, 0.4) is 0 Å². The highest BCUT2D eigenvalue weighted by Gasteiger charge is 2.26. The minimum absolute atomic E-state index is 0.0533. The summed E-state index contributed by atoms with van der Waals surface area (Å²) in [4.78, 5) is 24.8. The lowest BCUT2D eigenvalue weighted by molar-refractivity contribution is 0.0946. The summed E-state index contributed by atoms with van der Waals surface area (Å²) < 4.78 is 1.90. The van der Waals surface area contributed by atoms with Gasteiger partial charge in [-0.1, -0.05) is 23.8 Å². The van der Waals surface area contributed by atoms with Gasteiger partial charge in [0.2, 0.25) is 0 Å². The molecule has 0 atom stereocenters. The lowest BCUT2D eigenvalue weighted by atomic mass is 10.2. The predicted molar refractivity (Wildman–Crippen MR) is 118 cm³/mol. The van der Waals surface area contributed by atoms with E-state index in [0.717, 1.165) is 36.2 Å². The molecule has 31 heavy (non-hydrogen) atoms. The maximum atomic E-state index is 12.8. The molecule has 2 amide bonds. The second-order valence-corrected chi connectivity index (χ2v) is 7.79. The first-order chi connectivity index (χ1) is 15.0. The van der Waals surface area contributed by atoms with Gasteiger partial charge in [0.1, 0.15) is 5.75 Å². The van der Waals surface area contributed by atoms with Crippen molar-refractivity contribution in [1.29, 1.82) is 0 Å². The van der Waals surface area contributed by atoms with Crippen LogP contribution in [0, 0.1) is 6.92 Å². The lowest BCUT2D eigenvalue weighted by Crippen LogP contribution is -2.30. The van der Waals surface area contributed by atoms with E-state index in [4.69, 9.17) is 0 Å². The molecular weight excluding hydrogens is 392 g/mol. The number of aromatic hydroxyl groups is 1. The van der Waals surface area contributed by atoms with Gasteiger partial charge < -0.3 is 15.7 Å². The Morgan fingerprint density at radius 1 is 1.03 bits per heavy atom. The van der Waals surface area contributed by atoms with E-state index >= 15 is 0 Å². The number of carbonyl (C=O) groups is 2. The molecule has 0 aliphatic heterocycles. The van der Waals surface area contributed by atoms with Gasteiger partial charge in [0.15, 0.2) is 5.69 Å². The number of rotatable bonds is 7. The Hall–Kier alpha value is -3.61. The first-order valence-electron chi connectivity index (χ1n) is 10.6. The fourth-order valence-electron chi connectivity index (χ4n) is 3.84. The molecule has 3 N–H and O–H groups in total. The summed E-state index contributed by atoms with van der Waals surface area (Å²) in [7, 11) is 0. The van der Waals surface area contributed by atoms with Crippen LogP contribution in [0.1, 0.15) is 50.5 Å². The van der Waals surface area contributed by atoms with Gasteiger partial charge >= 0.3 is 0 Å². The fraction of sp³-hybridized carbons (Fsp3) is 0.292. The zero-order valence-electron chi connectivity index (χ0n) is 17.5. The van der Waals surface area contributed by atoms with Crippen molar-refractivity contribution in [2.45, 2.75) is 32.6 Å². The monoisotopic (exact) mass is 418 g/mol. The number of amides is 2. The number of aromatic nitrogens is 2. The van der Waals surface area contributed by atoms with E-state index in [-0.39, 0.29) is 17.6 Å². The van der Waals surface area contributed by atoms with Gasteiger partial charge in [-0.15, -0.1) is 0 Å². The summed E-state index contributed by atoms with van der Waals surface area (Å²) in [5.74, 6) is -0.377. The molecule has 1 aliphatic carbocycles. The van der Waals surface area contributed by atoms with Crippen LogP contribution in [0.25, 0.3) is 5.69 Å². The van der Waals surface area contributed by atoms with Gasteiger partial charge in [-0.2, -0.15) is 5.10 Å². The number of aryl methyl sites for hydroxylation is 1. The van der Waals surface area contributed by atoms with Gasteiger partial charge in [0.25, 0.3) is 11.8 Å². The van der Waals surface area contributed by atoms with Crippen LogP contribution in [0.4, 0.5) is 0 Å². The summed E-state index contributed by atoms with van der Waals surface area (Å²) in [5.41, 5.74) is 5.21. The van der Waals surface area contributed by atoms with Gasteiger partial charge in [-0.3, -0.25) is 9.59 Å². The molecule has 0 spiro atoms. The Labute approximate surface area is 181 Å². The molecule has 1 heterocycles. The number of hydrogen-bond donors (Lipinski definition) is 3. The van der Waals surface area contributed by atoms with Crippen LogP contribution < -0.4 is 10.6 Å². The van der Waals surface area contributed by atoms with E-state index in [9.17, 15) is 14.7 Å². The summed E-state index contributed by atoms with van der Waals surface area (Å²) in [6.07, 6.45) is 3.41. The molecule has 1 aliphatic rings. The number of phenols is 1. The van der Waals surface area contributed by atoms with Crippen molar-refractivity contribution in [3.8, 4) is 11.4 Å². The van der Waals surface area contributed by atoms with E-state index in [1.54, 1.807) is 12.1 Å². The average molecular weight is 418 g/mol. The Kier molecular flexibility index (Phi) is 6.02. The summed E-state index contributed by atoms with van der Waals surface area (Å²) in [5, 5.41) is 19.8. The molecule has 2 aromatic carbocycles. The van der Waals surface area contributed by atoms with E-state index in [1.165, 1.54) is 17.7 Å². The highest BCUT2D eigenvalue weighted by atomic mass is 16.3. The molecule has 0 saturated carbocycles. The van der Waals surface area contributed by atoms with Crippen molar-refractivity contribution in [3.63, 3.8) is 0 Å². The van der Waals surface area contributed by atoms with Crippen molar-refractivity contribution in [3.05, 3.63) is 76.6 Å². The molecule has 3 aromatic rings. The number of carbonyl (C=O) groups excluding carboxylic acids is 2. The first-order valence-corrected chi connectivity index (χ1v) is 10.6. The van der Waals surface area contributed by atoms with Gasteiger partial charge in [0, 0.05) is 29.9 Å². The molecule has 160 valence electrons. The minimum atomic E-state index is -0.253. The third-order valence-corrected chi connectivity index (χ3v) is 5.46. The lowest BCUT2D eigenvalue weighted by Gasteiger charge is -2.07. The largest absolute Gasteiger partial charge is 0.508 e. The van der Waals surface area contributed by atoms with Crippen LogP contribution in [-0.2, 0) is 12.8 Å². The van der Waals surface area contributed by atoms with Gasteiger partial charge in [-0.25, -0.2) is 4.68 Å². The third-order valence-electron chi connectivity index (χ3n) is 5.46. The normalized spacial score (nSPS) is 12.4. The molecule has 7 heteroatoms. The second kappa shape index (κ2) is 9.04. The highest BCUT2D eigenvalue weighted by molar-refractivity contribution is 5.95. The zero-order chi connectivity index (χ0) is 21.8. The van der Waals surface area contributed by atoms with E-state index in [1.807, 2.05) is 35.9 Å². The standard InChI is InChI=1S/C24H26N4O3/c1-16-9-11-18(12-10-16)28-21-8-3-7-20(21)22(27-28)24(31)26-14-4-13-25-23(30)17-5-2-6-19(29)15-17/h2,5-6,9-12,15,29H,3-4,7-8,13-14H2,1H3,(H,25,30)(H,26,31). The zero-order valence-corrected chi connectivity index (χ0v) is 17.5. The molecule has 0 saturated heterocycles. The molecule has 0 bridgehead atoms. The van der Waals surface area contributed by atoms with E-state index in [0.29, 0.717) is 30.8 Å².